The van der Waals surface area contributed by atoms with E-state index >= 15 is 0 Å². The first kappa shape index (κ1) is 15.3. The molecule has 1 rings (SSSR count). The van der Waals surface area contributed by atoms with Crippen molar-refractivity contribution < 1.29 is 14.7 Å². The van der Waals surface area contributed by atoms with Gasteiger partial charge in [-0.2, -0.15) is 0 Å². The smallest absolute Gasteiger partial charge is 0.323 e. The van der Waals surface area contributed by atoms with Crippen LogP contribution in [-0.2, 0) is 11.3 Å². The SMILES string of the molecule is CCC(C)CN(CC)C(=O)c1cccn1CC(=O)O. The number of aromatic nitrogens is 1. The Balaban J connectivity index is 2.85. The summed E-state index contributed by atoms with van der Waals surface area (Å²) in [5.74, 6) is -0.615. The summed E-state index contributed by atoms with van der Waals surface area (Å²) in [5.41, 5.74) is 0.438. The number of carboxylic acid groups (broad SMARTS) is 1. The molecule has 1 amide bonds. The summed E-state index contributed by atoms with van der Waals surface area (Å²) < 4.78 is 1.48. The van der Waals surface area contributed by atoms with Crippen molar-refractivity contribution in [2.24, 2.45) is 5.92 Å². The Kier molecular flexibility index (Phi) is 5.60. The molecular formula is C14H22N2O3. The number of nitrogens with zero attached hydrogens (tertiary/aromatic N) is 2. The van der Waals surface area contributed by atoms with Crippen molar-refractivity contribution in [1.29, 1.82) is 0 Å². The first-order valence-electron chi connectivity index (χ1n) is 6.65. The van der Waals surface area contributed by atoms with Gasteiger partial charge in [0.15, 0.2) is 0 Å². The second-order valence-electron chi connectivity index (χ2n) is 4.77. The standard InChI is InChI=1S/C14H22N2O3/c1-4-11(3)9-15(5-2)14(19)12-7-6-8-16(12)10-13(17)18/h6-8,11H,4-5,9-10H2,1-3H3,(H,17,18). The molecule has 1 N–H and O–H groups in total. The molecule has 0 fully saturated rings. The van der Waals surface area contributed by atoms with Gasteiger partial charge < -0.3 is 14.6 Å². The van der Waals surface area contributed by atoms with Crippen molar-refractivity contribution in [2.45, 2.75) is 33.7 Å². The third-order valence-electron chi connectivity index (χ3n) is 3.25. The highest BCUT2D eigenvalue weighted by atomic mass is 16.4. The molecule has 1 aromatic rings. The van der Waals surface area contributed by atoms with E-state index in [4.69, 9.17) is 5.11 Å². The van der Waals surface area contributed by atoms with E-state index in [1.54, 1.807) is 23.2 Å². The lowest BCUT2D eigenvalue weighted by atomic mass is 10.1. The first-order chi connectivity index (χ1) is 8.99. The Morgan fingerprint density at radius 3 is 2.63 bits per heavy atom. The summed E-state index contributed by atoms with van der Waals surface area (Å²) in [6.07, 6.45) is 2.64. The van der Waals surface area contributed by atoms with E-state index in [1.807, 2.05) is 6.92 Å². The average Bonchev–Trinajstić information content (AvgIpc) is 2.81. The molecule has 1 aromatic heterocycles. The van der Waals surface area contributed by atoms with Crippen LogP contribution in [0.3, 0.4) is 0 Å². The Hall–Kier alpha value is -1.78. The second-order valence-corrected chi connectivity index (χ2v) is 4.77. The van der Waals surface area contributed by atoms with Gasteiger partial charge >= 0.3 is 5.97 Å². The fourth-order valence-corrected chi connectivity index (χ4v) is 1.91. The Bertz CT molecular complexity index is 440. The van der Waals surface area contributed by atoms with E-state index in [0.29, 0.717) is 24.7 Å². The van der Waals surface area contributed by atoms with Gasteiger partial charge in [0.25, 0.3) is 5.91 Å². The third kappa shape index (κ3) is 4.12. The molecule has 0 bridgehead atoms. The summed E-state index contributed by atoms with van der Waals surface area (Å²) in [7, 11) is 0. The van der Waals surface area contributed by atoms with Crippen LogP contribution in [0.25, 0.3) is 0 Å². The monoisotopic (exact) mass is 266 g/mol. The highest BCUT2D eigenvalue weighted by Crippen LogP contribution is 2.11. The van der Waals surface area contributed by atoms with Gasteiger partial charge in [-0.15, -0.1) is 0 Å². The molecule has 1 atom stereocenters. The first-order valence-corrected chi connectivity index (χ1v) is 6.65. The average molecular weight is 266 g/mol. The Morgan fingerprint density at radius 2 is 2.11 bits per heavy atom. The quantitative estimate of drug-likeness (QED) is 0.822. The third-order valence-corrected chi connectivity index (χ3v) is 3.25. The van der Waals surface area contributed by atoms with Crippen molar-refractivity contribution in [3.8, 4) is 0 Å². The highest BCUT2D eigenvalue weighted by Gasteiger charge is 2.19. The zero-order valence-electron chi connectivity index (χ0n) is 11.8. The maximum Gasteiger partial charge on any atom is 0.323 e. The van der Waals surface area contributed by atoms with Crippen molar-refractivity contribution in [2.75, 3.05) is 13.1 Å². The van der Waals surface area contributed by atoms with Gasteiger partial charge in [-0.1, -0.05) is 20.3 Å². The number of rotatable bonds is 7. The molecule has 0 aliphatic rings. The van der Waals surface area contributed by atoms with Crippen molar-refractivity contribution in [3.63, 3.8) is 0 Å². The molecule has 0 saturated carbocycles. The zero-order valence-corrected chi connectivity index (χ0v) is 11.8. The van der Waals surface area contributed by atoms with Crippen LogP contribution in [0, 0.1) is 5.92 Å². The topological polar surface area (TPSA) is 62.5 Å². The summed E-state index contributed by atoms with van der Waals surface area (Å²) >= 11 is 0. The normalized spacial score (nSPS) is 12.2. The predicted molar refractivity (Wildman–Crippen MR) is 73.1 cm³/mol. The molecule has 0 aromatic carbocycles. The van der Waals surface area contributed by atoms with E-state index in [1.165, 1.54) is 4.57 Å². The number of amides is 1. The molecular weight excluding hydrogens is 244 g/mol. The fourth-order valence-electron chi connectivity index (χ4n) is 1.91. The summed E-state index contributed by atoms with van der Waals surface area (Å²) in [6, 6.07) is 3.37. The fraction of sp³-hybridized carbons (Fsp3) is 0.571. The van der Waals surface area contributed by atoms with Gasteiger partial charge in [-0.3, -0.25) is 9.59 Å². The predicted octanol–water partition coefficient (Wildman–Crippen LogP) is 2.08. The van der Waals surface area contributed by atoms with Crippen molar-refractivity contribution in [1.82, 2.24) is 9.47 Å². The Morgan fingerprint density at radius 1 is 1.42 bits per heavy atom. The molecule has 5 nitrogen and oxygen atoms in total. The van der Waals surface area contributed by atoms with Crippen LogP contribution in [0.2, 0.25) is 0 Å². The zero-order chi connectivity index (χ0) is 14.4. The van der Waals surface area contributed by atoms with Gasteiger partial charge in [-0.25, -0.2) is 0 Å². The van der Waals surface area contributed by atoms with Crippen molar-refractivity contribution >= 4 is 11.9 Å². The van der Waals surface area contributed by atoms with Gasteiger partial charge in [0, 0.05) is 19.3 Å². The number of carboxylic acids is 1. The summed E-state index contributed by atoms with van der Waals surface area (Å²) in [5, 5.41) is 8.83. The lowest BCUT2D eigenvalue weighted by Gasteiger charge is -2.24. The minimum absolute atomic E-state index is 0.103. The largest absolute Gasteiger partial charge is 0.480 e. The maximum atomic E-state index is 12.4. The molecule has 0 radical (unpaired) electrons. The van der Waals surface area contributed by atoms with Crippen LogP contribution >= 0.6 is 0 Å². The number of aliphatic carboxylic acids is 1. The van der Waals surface area contributed by atoms with Crippen molar-refractivity contribution in [3.05, 3.63) is 24.0 Å². The minimum atomic E-state index is -0.949. The lowest BCUT2D eigenvalue weighted by molar-refractivity contribution is -0.137. The molecule has 0 aliphatic carbocycles. The Labute approximate surface area is 113 Å². The van der Waals surface area contributed by atoms with Gasteiger partial charge in [0.1, 0.15) is 12.2 Å². The molecule has 0 spiro atoms. The molecule has 19 heavy (non-hydrogen) atoms. The molecule has 106 valence electrons. The molecule has 1 unspecified atom stereocenters. The van der Waals surface area contributed by atoms with Crippen LogP contribution in [0.1, 0.15) is 37.7 Å². The lowest BCUT2D eigenvalue weighted by Crippen LogP contribution is -2.36. The molecule has 5 heteroatoms. The molecule has 1 heterocycles. The molecule has 0 saturated heterocycles. The van der Waals surface area contributed by atoms with Crippen LogP contribution in [0.5, 0.6) is 0 Å². The maximum absolute atomic E-state index is 12.4. The van der Waals surface area contributed by atoms with Crippen LogP contribution < -0.4 is 0 Å². The summed E-state index contributed by atoms with van der Waals surface area (Å²) in [6.45, 7) is 7.27. The van der Waals surface area contributed by atoms with Crippen LogP contribution in [0.4, 0.5) is 0 Å². The van der Waals surface area contributed by atoms with E-state index in [9.17, 15) is 9.59 Å². The second kappa shape index (κ2) is 6.97. The van der Waals surface area contributed by atoms with Gasteiger partial charge in [0.2, 0.25) is 0 Å². The van der Waals surface area contributed by atoms with E-state index in [-0.39, 0.29) is 12.5 Å². The van der Waals surface area contributed by atoms with Crippen LogP contribution in [-0.4, -0.2) is 39.5 Å². The number of carbonyl (C=O) groups excluding carboxylic acids is 1. The van der Waals surface area contributed by atoms with Crippen LogP contribution in [0.15, 0.2) is 18.3 Å². The van der Waals surface area contributed by atoms with E-state index < -0.39 is 5.97 Å². The minimum Gasteiger partial charge on any atom is -0.480 e. The summed E-state index contributed by atoms with van der Waals surface area (Å²) in [4.78, 5) is 24.9. The van der Waals surface area contributed by atoms with Gasteiger partial charge in [0.05, 0.1) is 0 Å². The van der Waals surface area contributed by atoms with Gasteiger partial charge in [-0.05, 0) is 25.0 Å². The number of hydrogen-bond donors (Lipinski definition) is 1. The molecule has 0 aliphatic heterocycles. The number of carbonyl (C=O) groups is 2. The number of hydrogen-bond acceptors (Lipinski definition) is 2. The van der Waals surface area contributed by atoms with E-state index in [0.717, 1.165) is 6.42 Å². The highest BCUT2D eigenvalue weighted by molar-refractivity contribution is 5.93. The van der Waals surface area contributed by atoms with E-state index in [2.05, 4.69) is 13.8 Å².